The minimum Gasteiger partial charge on any atom is -0.379 e. The third-order valence-electron chi connectivity index (χ3n) is 5.73. The molecule has 0 unspecified atom stereocenters. The first-order chi connectivity index (χ1) is 17.4. The Labute approximate surface area is 204 Å². The van der Waals surface area contributed by atoms with Crippen molar-refractivity contribution in [1.82, 2.24) is 29.6 Å². The Morgan fingerprint density at radius 3 is 2.30 bits per heavy atom. The number of ether oxygens (including phenoxy) is 1. The number of nitrogens with zero attached hydrogens (tertiary/aromatic N) is 6. The van der Waals surface area contributed by atoms with Crippen LogP contribution in [0.3, 0.4) is 0 Å². The number of rotatable bonds is 7. The lowest BCUT2D eigenvalue weighted by molar-refractivity contribution is -0.140. The van der Waals surface area contributed by atoms with Gasteiger partial charge in [0, 0.05) is 44.8 Å². The van der Waals surface area contributed by atoms with Crippen molar-refractivity contribution in [3.8, 4) is 0 Å². The quantitative estimate of drug-likeness (QED) is 0.367. The van der Waals surface area contributed by atoms with E-state index in [1.54, 1.807) is 9.80 Å². The third kappa shape index (κ3) is 6.00. The average Bonchev–Trinajstić information content (AvgIpc) is 3.24. The molecule has 0 saturated carbocycles. The summed E-state index contributed by atoms with van der Waals surface area (Å²) in [7, 11) is 0. The lowest BCUT2D eigenvalue weighted by Crippen LogP contribution is -2.49. The number of amides is 1. The molecule has 1 amide bonds. The summed E-state index contributed by atoms with van der Waals surface area (Å²) < 4.78 is 84.1. The van der Waals surface area contributed by atoms with Gasteiger partial charge in [0.25, 0.3) is 5.56 Å². The number of carbonyl (C=O) groups excluding carboxylic acids is 1. The second-order valence-electron chi connectivity index (χ2n) is 8.14. The van der Waals surface area contributed by atoms with Gasteiger partial charge >= 0.3 is 12.4 Å². The van der Waals surface area contributed by atoms with Crippen LogP contribution >= 0.6 is 0 Å². The topological polar surface area (TPSA) is 109 Å². The second kappa shape index (κ2) is 10.4. The Balaban J connectivity index is 1.23. The van der Waals surface area contributed by atoms with Crippen LogP contribution in [0.5, 0.6) is 0 Å². The fraction of sp³-hybridized carbons (Fsp3) is 0.476. The monoisotopic (exact) mass is 533 g/mol. The maximum absolute atomic E-state index is 13.2. The van der Waals surface area contributed by atoms with Crippen LogP contribution in [0.2, 0.25) is 0 Å². The molecule has 0 aromatic carbocycles. The molecule has 1 aliphatic rings. The number of aromatic amines is 1. The highest BCUT2D eigenvalue weighted by Gasteiger charge is 2.38. The van der Waals surface area contributed by atoms with E-state index in [1.165, 1.54) is 12.3 Å². The summed E-state index contributed by atoms with van der Waals surface area (Å²) in [6.45, 7) is 1.24. The number of nitrogens with one attached hydrogen (secondary N) is 1. The Kier molecular flexibility index (Phi) is 7.38. The SMILES string of the molecule is O=C(CCOCCn1nc(C(F)(F)F)c2c(=O)[nH]ccc21)N1CCN(c2ncc(C(F)(F)F)cn2)CC1. The molecule has 16 heteroatoms. The predicted octanol–water partition coefficient (Wildman–Crippen LogP) is 2.31. The average molecular weight is 533 g/mol. The van der Waals surface area contributed by atoms with E-state index in [1.807, 2.05) is 0 Å². The summed E-state index contributed by atoms with van der Waals surface area (Å²) in [6, 6.07) is 1.32. The van der Waals surface area contributed by atoms with Crippen LogP contribution in [-0.2, 0) is 28.4 Å². The molecule has 0 atom stereocenters. The number of halogens is 6. The molecule has 3 aromatic heterocycles. The summed E-state index contributed by atoms with van der Waals surface area (Å²) in [6.07, 6.45) is -6.64. The summed E-state index contributed by atoms with van der Waals surface area (Å²) in [5, 5.41) is 2.97. The van der Waals surface area contributed by atoms with E-state index < -0.39 is 34.6 Å². The zero-order valence-electron chi connectivity index (χ0n) is 19.1. The molecular weight excluding hydrogens is 512 g/mol. The highest BCUT2D eigenvalue weighted by Crippen LogP contribution is 2.32. The van der Waals surface area contributed by atoms with Crippen LogP contribution in [-0.4, -0.2) is 74.9 Å². The standard InChI is InChI=1S/C21H21F6N7O3/c22-20(23,24)13-11-29-19(30-12-13)33-6-4-32(5-7-33)15(35)2-9-37-10-8-34-14-1-3-28-18(36)16(14)17(31-34)21(25,26)27/h1,3,11-12H,2,4-10H2,(H,28,36). The van der Waals surface area contributed by atoms with Gasteiger partial charge in [-0.15, -0.1) is 0 Å². The molecule has 1 fully saturated rings. The summed E-state index contributed by atoms with van der Waals surface area (Å²) in [5.41, 5.74) is -3.10. The van der Waals surface area contributed by atoms with E-state index in [9.17, 15) is 35.9 Å². The molecule has 0 radical (unpaired) electrons. The van der Waals surface area contributed by atoms with Crippen molar-refractivity contribution >= 4 is 22.8 Å². The molecule has 0 aliphatic carbocycles. The van der Waals surface area contributed by atoms with Gasteiger partial charge in [-0.05, 0) is 6.07 Å². The number of anilines is 1. The van der Waals surface area contributed by atoms with Gasteiger partial charge in [-0.3, -0.25) is 14.3 Å². The molecule has 3 aromatic rings. The molecule has 4 rings (SSSR count). The number of H-pyrrole nitrogens is 1. The van der Waals surface area contributed by atoms with Gasteiger partial charge in [-0.1, -0.05) is 0 Å². The van der Waals surface area contributed by atoms with Crippen LogP contribution in [0.1, 0.15) is 17.7 Å². The number of hydrogen-bond acceptors (Lipinski definition) is 7. The van der Waals surface area contributed by atoms with Gasteiger partial charge < -0.3 is 19.5 Å². The largest absolute Gasteiger partial charge is 0.435 e. The van der Waals surface area contributed by atoms with Crippen LogP contribution in [0.25, 0.3) is 10.9 Å². The number of aromatic nitrogens is 5. The molecule has 37 heavy (non-hydrogen) atoms. The van der Waals surface area contributed by atoms with Crippen molar-refractivity contribution in [2.45, 2.75) is 25.3 Å². The van der Waals surface area contributed by atoms with E-state index in [4.69, 9.17) is 4.74 Å². The van der Waals surface area contributed by atoms with Crippen molar-refractivity contribution in [2.75, 3.05) is 44.3 Å². The molecule has 200 valence electrons. The van der Waals surface area contributed by atoms with Crippen molar-refractivity contribution in [3.05, 3.63) is 46.3 Å². The Bertz CT molecular complexity index is 1300. The zero-order chi connectivity index (χ0) is 26.8. The first-order valence-corrected chi connectivity index (χ1v) is 11.1. The highest BCUT2D eigenvalue weighted by molar-refractivity contribution is 5.81. The molecule has 1 saturated heterocycles. The van der Waals surface area contributed by atoms with Crippen LogP contribution in [0.4, 0.5) is 32.3 Å². The lowest BCUT2D eigenvalue weighted by Gasteiger charge is -2.34. The van der Waals surface area contributed by atoms with Gasteiger partial charge in [-0.2, -0.15) is 31.4 Å². The third-order valence-corrected chi connectivity index (χ3v) is 5.73. The minimum atomic E-state index is -4.80. The molecule has 0 bridgehead atoms. The van der Waals surface area contributed by atoms with Crippen LogP contribution < -0.4 is 10.5 Å². The first-order valence-electron chi connectivity index (χ1n) is 11.1. The molecule has 0 spiro atoms. The van der Waals surface area contributed by atoms with E-state index in [-0.39, 0.29) is 43.6 Å². The van der Waals surface area contributed by atoms with Gasteiger partial charge in [0.05, 0.1) is 42.6 Å². The number of carbonyl (C=O) groups is 1. The van der Waals surface area contributed by atoms with Gasteiger partial charge in [0.15, 0.2) is 5.69 Å². The first kappa shape index (κ1) is 26.4. The minimum absolute atomic E-state index is 0.0191. The van der Waals surface area contributed by atoms with Crippen LogP contribution in [0.15, 0.2) is 29.5 Å². The highest BCUT2D eigenvalue weighted by atomic mass is 19.4. The van der Waals surface area contributed by atoms with Crippen molar-refractivity contribution < 1.29 is 35.9 Å². The molecule has 10 nitrogen and oxygen atoms in total. The number of alkyl halides is 6. The molecule has 1 aliphatic heterocycles. The van der Waals surface area contributed by atoms with Gasteiger partial charge in [-0.25, -0.2) is 9.97 Å². The number of piperazine rings is 1. The number of hydrogen-bond donors (Lipinski definition) is 1. The van der Waals surface area contributed by atoms with Crippen LogP contribution in [0, 0.1) is 0 Å². The van der Waals surface area contributed by atoms with Crippen molar-refractivity contribution in [3.63, 3.8) is 0 Å². The maximum atomic E-state index is 13.2. The number of fused-ring (bicyclic) bond motifs is 1. The normalized spacial score (nSPS) is 15.0. The Morgan fingerprint density at radius 1 is 1.00 bits per heavy atom. The summed E-state index contributed by atoms with van der Waals surface area (Å²) in [4.78, 5) is 37.3. The van der Waals surface area contributed by atoms with Gasteiger partial charge in [0.2, 0.25) is 11.9 Å². The van der Waals surface area contributed by atoms with E-state index >= 15 is 0 Å². The molecule has 1 N–H and O–H groups in total. The summed E-state index contributed by atoms with van der Waals surface area (Å²) >= 11 is 0. The van der Waals surface area contributed by atoms with Gasteiger partial charge in [0.1, 0.15) is 0 Å². The maximum Gasteiger partial charge on any atom is 0.435 e. The lowest BCUT2D eigenvalue weighted by atomic mass is 10.2. The van der Waals surface area contributed by atoms with Crippen molar-refractivity contribution in [1.29, 1.82) is 0 Å². The smallest absolute Gasteiger partial charge is 0.379 e. The Hall–Kier alpha value is -3.69. The molecule has 4 heterocycles. The van der Waals surface area contributed by atoms with Crippen molar-refractivity contribution in [2.24, 2.45) is 0 Å². The fourth-order valence-corrected chi connectivity index (χ4v) is 3.86. The van der Waals surface area contributed by atoms with E-state index in [0.29, 0.717) is 38.6 Å². The van der Waals surface area contributed by atoms with E-state index in [0.717, 1.165) is 4.68 Å². The number of pyridine rings is 1. The fourth-order valence-electron chi connectivity index (χ4n) is 3.86. The second-order valence-corrected chi connectivity index (χ2v) is 8.14. The Morgan fingerprint density at radius 2 is 1.68 bits per heavy atom. The van der Waals surface area contributed by atoms with E-state index in [2.05, 4.69) is 20.1 Å². The zero-order valence-corrected chi connectivity index (χ0v) is 19.1. The predicted molar refractivity (Wildman–Crippen MR) is 117 cm³/mol. The summed E-state index contributed by atoms with van der Waals surface area (Å²) in [5.74, 6) is -0.0614. The molecular formula is C21H21F6N7O3.